The molecular weight excluding hydrogens is 368 g/mol. The Labute approximate surface area is 173 Å². The number of carbonyl (C=O) groups excluding carboxylic acids is 2. The van der Waals surface area contributed by atoms with Crippen LogP contribution in [0.25, 0.3) is 0 Å². The summed E-state index contributed by atoms with van der Waals surface area (Å²) in [5, 5.41) is 0. The maximum atomic E-state index is 13.0. The highest BCUT2D eigenvalue weighted by Crippen LogP contribution is 2.25. The van der Waals surface area contributed by atoms with Gasteiger partial charge in [0.1, 0.15) is 12.9 Å². The molecule has 0 aliphatic carbocycles. The molecule has 1 aliphatic heterocycles. The molecular formula is C24H32O5. The lowest BCUT2D eigenvalue weighted by Crippen LogP contribution is -2.31. The Hall–Kier alpha value is -2.24. The van der Waals surface area contributed by atoms with E-state index < -0.39 is 6.10 Å². The fourth-order valence-electron chi connectivity index (χ4n) is 3.53. The number of hydrogen-bond acceptors (Lipinski definition) is 5. The van der Waals surface area contributed by atoms with E-state index in [1.165, 1.54) is 13.0 Å². The molecule has 29 heavy (non-hydrogen) atoms. The molecule has 0 saturated carbocycles. The van der Waals surface area contributed by atoms with E-state index in [-0.39, 0.29) is 30.6 Å². The fraction of sp³-hybridized carbons (Fsp3) is 0.500. The summed E-state index contributed by atoms with van der Waals surface area (Å²) in [5.74, 6) is -0.126. The molecule has 0 bridgehead atoms. The number of esters is 1. The van der Waals surface area contributed by atoms with Crippen LogP contribution in [0, 0.1) is 12.8 Å². The number of rotatable bonds is 6. The van der Waals surface area contributed by atoms with Crippen LogP contribution in [0.3, 0.4) is 0 Å². The van der Waals surface area contributed by atoms with Crippen LogP contribution in [0.2, 0.25) is 0 Å². The number of aryl methyl sites for hydroxylation is 1. The van der Waals surface area contributed by atoms with Crippen molar-refractivity contribution >= 4 is 11.8 Å². The first-order chi connectivity index (χ1) is 13.9. The van der Waals surface area contributed by atoms with Crippen LogP contribution in [-0.2, 0) is 25.4 Å². The normalized spacial score (nSPS) is 24.3. The van der Waals surface area contributed by atoms with Gasteiger partial charge in [0.05, 0.1) is 11.7 Å². The van der Waals surface area contributed by atoms with E-state index in [4.69, 9.17) is 14.2 Å². The second-order valence-corrected chi connectivity index (χ2v) is 7.62. The maximum absolute atomic E-state index is 13.0. The van der Waals surface area contributed by atoms with Gasteiger partial charge in [-0.2, -0.15) is 0 Å². The zero-order valence-electron chi connectivity index (χ0n) is 17.9. The summed E-state index contributed by atoms with van der Waals surface area (Å²) in [7, 11) is 1.59. The molecule has 5 nitrogen and oxygen atoms in total. The van der Waals surface area contributed by atoms with Gasteiger partial charge in [0, 0.05) is 20.0 Å². The van der Waals surface area contributed by atoms with Crippen LogP contribution in [-0.4, -0.2) is 37.9 Å². The molecule has 1 aromatic rings. The van der Waals surface area contributed by atoms with Crippen LogP contribution < -0.4 is 0 Å². The van der Waals surface area contributed by atoms with Crippen molar-refractivity contribution in [2.75, 3.05) is 13.9 Å². The molecule has 1 aliphatic rings. The Morgan fingerprint density at radius 3 is 2.83 bits per heavy atom. The van der Waals surface area contributed by atoms with Gasteiger partial charge >= 0.3 is 5.97 Å². The second kappa shape index (κ2) is 11.7. The Bertz CT molecular complexity index is 750. The van der Waals surface area contributed by atoms with Gasteiger partial charge in [0.15, 0.2) is 5.78 Å². The van der Waals surface area contributed by atoms with E-state index in [0.717, 1.165) is 17.5 Å². The molecule has 1 unspecified atom stereocenters. The summed E-state index contributed by atoms with van der Waals surface area (Å²) < 4.78 is 16.9. The number of fused-ring (bicyclic) bond motifs is 1. The van der Waals surface area contributed by atoms with Crippen molar-refractivity contribution in [2.45, 2.75) is 58.7 Å². The third-order valence-corrected chi connectivity index (χ3v) is 5.13. The van der Waals surface area contributed by atoms with Crippen LogP contribution in [0.5, 0.6) is 0 Å². The summed E-state index contributed by atoms with van der Waals surface area (Å²) >= 11 is 0. The van der Waals surface area contributed by atoms with Gasteiger partial charge in [-0.15, -0.1) is 0 Å². The highest BCUT2D eigenvalue weighted by molar-refractivity contribution is 5.93. The molecule has 0 N–H and O–H groups in total. The predicted molar refractivity (Wildman–Crippen MR) is 113 cm³/mol. The number of allylic oxidation sites excluding steroid dienone is 3. The molecule has 158 valence electrons. The van der Waals surface area contributed by atoms with Crippen molar-refractivity contribution in [3.05, 3.63) is 59.2 Å². The smallest absolute Gasteiger partial charge is 0.338 e. The number of benzene rings is 1. The van der Waals surface area contributed by atoms with Gasteiger partial charge in [0.25, 0.3) is 0 Å². The average molecular weight is 401 g/mol. The monoisotopic (exact) mass is 400 g/mol. The van der Waals surface area contributed by atoms with Crippen molar-refractivity contribution in [1.82, 2.24) is 0 Å². The standard InChI is InChI=1S/C24H32O5/c1-17-9-5-6-12-20-13-7-10-18(2)23(20)24(26)29-21(14-8-11-19(3)25)15-22(17)28-16-27-4/h5-8,10-11,13,17,21-22H,9,12,14-16H2,1-4H3/b6-5+,11-8?/t17-,21?,22+/m0/s1. The Morgan fingerprint density at radius 2 is 2.10 bits per heavy atom. The first-order valence-electron chi connectivity index (χ1n) is 10.1. The van der Waals surface area contributed by atoms with Crippen LogP contribution in [0.4, 0.5) is 0 Å². The minimum atomic E-state index is -0.390. The van der Waals surface area contributed by atoms with Crippen molar-refractivity contribution in [3.8, 4) is 0 Å². The van der Waals surface area contributed by atoms with E-state index >= 15 is 0 Å². The van der Waals surface area contributed by atoms with Crippen molar-refractivity contribution in [3.63, 3.8) is 0 Å². The second-order valence-electron chi connectivity index (χ2n) is 7.62. The van der Waals surface area contributed by atoms with Crippen molar-refractivity contribution < 1.29 is 23.8 Å². The zero-order valence-corrected chi connectivity index (χ0v) is 17.9. The predicted octanol–water partition coefficient (Wildman–Crippen LogP) is 4.57. The fourth-order valence-corrected chi connectivity index (χ4v) is 3.53. The molecule has 1 aromatic carbocycles. The third-order valence-electron chi connectivity index (χ3n) is 5.13. The highest BCUT2D eigenvalue weighted by atomic mass is 16.7. The van der Waals surface area contributed by atoms with E-state index in [1.54, 1.807) is 13.2 Å². The lowest BCUT2D eigenvalue weighted by Gasteiger charge is -2.28. The third kappa shape index (κ3) is 7.26. The SMILES string of the molecule is COCO[C@@H]1CC(CC=CC(C)=O)OC(=O)c2c(C)cccc2C/C=C/C[C@@H]1C. The van der Waals surface area contributed by atoms with E-state index in [9.17, 15) is 9.59 Å². The topological polar surface area (TPSA) is 61.8 Å². The molecule has 0 aromatic heterocycles. The van der Waals surface area contributed by atoms with Gasteiger partial charge in [-0.3, -0.25) is 4.79 Å². The van der Waals surface area contributed by atoms with E-state index in [1.807, 2.05) is 25.1 Å². The molecule has 0 radical (unpaired) electrons. The summed E-state index contributed by atoms with van der Waals surface area (Å²) in [4.78, 5) is 24.3. The molecule has 0 spiro atoms. The van der Waals surface area contributed by atoms with Crippen molar-refractivity contribution in [2.24, 2.45) is 5.92 Å². The summed E-state index contributed by atoms with van der Waals surface area (Å²) in [6, 6.07) is 5.86. The van der Waals surface area contributed by atoms with Gasteiger partial charge in [-0.05, 0) is 49.8 Å². The van der Waals surface area contributed by atoms with Crippen LogP contribution in [0.1, 0.15) is 54.6 Å². The number of hydrogen-bond donors (Lipinski definition) is 0. The average Bonchev–Trinajstić information content (AvgIpc) is 2.66. The maximum Gasteiger partial charge on any atom is 0.338 e. The van der Waals surface area contributed by atoms with Crippen molar-refractivity contribution in [1.29, 1.82) is 0 Å². The van der Waals surface area contributed by atoms with E-state index in [2.05, 4.69) is 19.1 Å². The number of cyclic esters (lactones) is 1. The largest absolute Gasteiger partial charge is 0.458 e. The number of methoxy groups -OCH3 is 1. The quantitative estimate of drug-likeness (QED) is 0.303. The van der Waals surface area contributed by atoms with Gasteiger partial charge in [0.2, 0.25) is 0 Å². The van der Waals surface area contributed by atoms with E-state index in [0.29, 0.717) is 24.8 Å². The Morgan fingerprint density at radius 1 is 1.31 bits per heavy atom. The van der Waals surface area contributed by atoms with Gasteiger partial charge in [-0.1, -0.05) is 43.4 Å². The molecule has 1 heterocycles. The molecule has 0 saturated heterocycles. The minimum Gasteiger partial charge on any atom is -0.458 e. The minimum absolute atomic E-state index is 0.0311. The molecule has 2 rings (SSSR count). The molecule has 3 atom stereocenters. The first kappa shape index (κ1) is 23.0. The number of ketones is 1. The molecule has 0 fully saturated rings. The van der Waals surface area contributed by atoms with Gasteiger partial charge < -0.3 is 14.2 Å². The van der Waals surface area contributed by atoms with Gasteiger partial charge in [-0.25, -0.2) is 4.79 Å². The zero-order chi connectivity index (χ0) is 21.2. The number of ether oxygens (including phenoxy) is 3. The van der Waals surface area contributed by atoms with Crippen LogP contribution >= 0.6 is 0 Å². The first-order valence-corrected chi connectivity index (χ1v) is 10.1. The lowest BCUT2D eigenvalue weighted by atomic mass is 9.93. The molecule has 0 amide bonds. The Balaban J connectivity index is 2.34. The number of carbonyl (C=O) groups is 2. The van der Waals surface area contributed by atoms with Crippen LogP contribution in [0.15, 0.2) is 42.5 Å². The highest BCUT2D eigenvalue weighted by Gasteiger charge is 2.26. The summed E-state index contributed by atoms with van der Waals surface area (Å²) in [5.41, 5.74) is 2.49. The lowest BCUT2D eigenvalue weighted by molar-refractivity contribution is -0.112. The summed E-state index contributed by atoms with van der Waals surface area (Å²) in [6.45, 7) is 5.73. The summed E-state index contributed by atoms with van der Waals surface area (Å²) in [6.07, 6.45) is 9.55. The Kier molecular flexibility index (Phi) is 9.29. The molecule has 5 heteroatoms.